The molecule has 0 amide bonds. The third-order valence-electron chi connectivity index (χ3n) is 3.90. The second-order valence-electron chi connectivity index (χ2n) is 5.94. The fourth-order valence-corrected chi connectivity index (χ4v) is 2.59. The summed E-state index contributed by atoms with van der Waals surface area (Å²) in [6, 6.07) is 5.85. The molecule has 2 aromatic rings. The summed E-state index contributed by atoms with van der Waals surface area (Å²) in [6.07, 6.45) is 5.98. The average Bonchev–Trinajstić information content (AvgIpc) is 3.07. The van der Waals surface area contributed by atoms with Crippen LogP contribution in [-0.4, -0.2) is 43.0 Å². The van der Waals surface area contributed by atoms with Gasteiger partial charge in [-0.05, 0) is 43.0 Å². The summed E-state index contributed by atoms with van der Waals surface area (Å²) in [5.41, 5.74) is 2.32. The molecule has 0 aliphatic carbocycles. The summed E-state index contributed by atoms with van der Waals surface area (Å²) in [7, 11) is 5.21. The van der Waals surface area contributed by atoms with Gasteiger partial charge in [-0.25, -0.2) is 4.99 Å². The van der Waals surface area contributed by atoms with Crippen LogP contribution < -0.4 is 20.1 Å². The smallest absolute Gasteiger partial charge is 0.191 e. The maximum absolute atomic E-state index is 5.34. The number of ether oxygens (including phenoxy) is 2. The molecule has 7 nitrogen and oxygen atoms in total. The molecule has 1 heterocycles. The molecule has 0 unspecified atom stereocenters. The van der Waals surface area contributed by atoms with Gasteiger partial charge in [0.05, 0.1) is 27.0 Å². The molecule has 0 bridgehead atoms. The van der Waals surface area contributed by atoms with Crippen molar-refractivity contribution in [1.29, 1.82) is 0 Å². The predicted octanol–water partition coefficient (Wildman–Crippen LogP) is 2.74. The molecular formula is C19H30IN5O2. The Labute approximate surface area is 178 Å². The molecule has 0 radical (unpaired) electrons. The van der Waals surface area contributed by atoms with E-state index in [9.17, 15) is 0 Å². The van der Waals surface area contributed by atoms with Crippen LogP contribution in [0.2, 0.25) is 0 Å². The van der Waals surface area contributed by atoms with E-state index in [1.54, 1.807) is 14.2 Å². The zero-order valence-corrected chi connectivity index (χ0v) is 18.8. The van der Waals surface area contributed by atoms with Gasteiger partial charge in [0, 0.05) is 26.3 Å². The number of methoxy groups -OCH3 is 2. The molecule has 0 aliphatic heterocycles. The maximum Gasteiger partial charge on any atom is 0.191 e. The van der Waals surface area contributed by atoms with Crippen LogP contribution in [0, 0.1) is 0 Å². The Morgan fingerprint density at radius 2 is 1.93 bits per heavy atom. The lowest BCUT2D eigenvalue weighted by atomic mass is 10.2. The fraction of sp³-hybridized carbons (Fsp3) is 0.474. The zero-order chi connectivity index (χ0) is 18.8. The molecule has 2 N–H and O–H groups in total. The Balaban J connectivity index is 0.00000364. The van der Waals surface area contributed by atoms with E-state index in [0.29, 0.717) is 6.54 Å². The Morgan fingerprint density at radius 3 is 2.56 bits per heavy atom. The monoisotopic (exact) mass is 487 g/mol. The summed E-state index contributed by atoms with van der Waals surface area (Å²) < 4.78 is 12.4. The van der Waals surface area contributed by atoms with Crippen molar-refractivity contribution in [2.24, 2.45) is 12.0 Å². The Morgan fingerprint density at radius 1 is 1.15 bits per heavy atom. The van der Waals surface area contributed by atoms with Crippen LogP contribution in [0.4, 0.5) is 0 Å². The highest BCUT2D eigenvalue weighted by Crippen LogP contribution is 2.27. The predicted molar refractivity (Wildman–Crippen MR) is 119 cm³/mol. The van der Waals surface area contributed by atoms with Crippen molar-refractivity contribution in [1.82, 2.24) is 20.4 Å². The van der Waals surface area contributed by atoms with Crippen molar-refractivity contribution < 1.29 is 9.47 Å². The van der Waals surface area contributed by atoms with Gasteiger partial charge in [-0.1, -0.05) is 6.07 Å². The van der Waals surface area contributed by atoms with E-state index in [0.717, 1.165) is 49.0 Å². The van der Waals surface area contributed by atoms with E-state index in [1.807, 2.05) is 36.1 Å². The summed E-state index contributed by atoms with van der Waals surface area (Å²) in [6.45, 7) is 4.30. The van der Waals surface area contributed by atoms with Crippen LogP contribution >= 0.6 is 24.0 Å². The van der Waals surface area contributed by atoms with Gasteiger partial charge in [-0.2, -0.15) is 5.10 Å². The van der Waals surface area contributed by atoms with E-state index in [4.69, 9.17) is 9.47 Å². The fourth-order valence-electron chi connectivity index (χ4n) is 2.59. The molecular weight excluding hydrogens is 457 g/mol. The number of aliphatic imine (C=N–C) groups is 1. The third kappa shape index (κ3) is 7.66. The van der Waals surface area contributed by atoms with Crippen LogP contribution in [0.5, 0.6) is 11.5 Å². The number of hydrogen-bond donors (Lipinski definition) is 2. The minimum atomic E-state index is 0. The lowest BCUT2D eigenvalue weighted by molar-refractivity contribution is 0.354. The average molecular weight is 487 g/mol. The Kier molecular flexibility index (Phi) is 10.6. The number of benzene rings is 1. The Bertz CT molecular complexity index is 718. The quantitative estimate of drug-likeness (QED) is 0.246. The van der Waals surface area contributed by atoms with Crippen molar-refractivity contribution in [2.75, 3.05) is 27.3 Å². The number of hydrogen-bond acceptors (Lipinski definition) is 4. The highest BCUT2D eigenvalue weighted by atomic mass is 127. The van der Waals surface area contributed by atoms with Gasteiger partial charge in [0.1, 0.15) is 0 Å². The first-order valence-corrected chi connectivity index (χ1v) is 8.86. The van der Waals surface area contributed by atoms with E-state index in [2.05, 4.69) is 33.8 Å². The van der Waals surface area contributed by atoms with Gasteiger partial charge in [0.25, 0.3) is 0 Å². The lowest BCUT2D eigenvalue weighted by Crippen LogP contribution is -2.37. The first kappa shape index (κ1) is 23.1. The van der Waals surface area contributed by atoms with Crippen molar-refractivity contribution in [3.8, 4) is 11.5 Å². The molecule has 0 atom stereocenters. The SMILES string of the molecule is CCNC(=NCc1ccc(OC)c(OC)c1)NCCCc1cnn(C)c1.I. The van der Waals surface area contributed by atoms with Crippen LogP contribution in [0.3, 0.4) is 0 Å². The van der Waals surface area contributed by atoms with E-state index >= 15 is 0 Å². The highest BCUT2D eigenvalue weighted by Gasteiger charge is 2.05. The summed E-state index contributed by atoms with van der Waals surface area (Å²) in [4.78, 5) is 4.64. The van der Waals surface area contributed by atoms with Crippen molar-refractivity contribution in [3.63, 3.8) is 0 Å². The molecule has 8 heteroatoms. The number of rotatable bonds is 9. The Hall–Kier alpha value is -1.97. The molecule has 150 valence electrons. The number of nitrogens with zero attached hydrogens (tertiary/aromatic N) is 3. The van der Waals surface area contributed by atoms with E-state index in [-0.39, 0.29) is 24.0 Å². The lowest BCUT2D eigenvalue weighted by Gasteiger charge is -2.12. The molecule has 0 saturated heterocycles. The first-order chi connectivity index (χ1) is 12.7. The summed E-state index contributed by atoms with van der Waals surface area (Å²) in [5, 5.41) is 10.8. The van der Waals surface area contributed by atoms with Crippen LogP contribution in [0.1, 0.15) is 24.5 Å². The van der Waals surface area contributed by atoms with Crippen molar-refractivity contribution >= 4 is 29.9 Å². The molecule has 1 aromatic carbocycles. The van der Waals surface area contributed by atoms with Crippen LogP contribution in [-0.2, 0) is 20.0 Å². The van der Waals surface area contributed by atoms with Gasteiger partial charge in [-0.15, -0.1) is 24.0 Å². The standard InChI is InChI=1S/C19H29N5O2.HI/c1-5-20-19(21-10-6-7-16-13-23-24(2)14-16)22-12-15-8-9-17(25-3)18(11-15)26-4;/h8-9,11,13-14H,5-7,10,12H2,1-4H3,(H2,20,21,22);1H. The summed E-state index contributed by atoms with van der Waals surface area (Å²) in [5.74, 6) is 2.25. The molecule has 27 heavy (non-hydrogen) atoms. The number of aryl methyl sites for hydroxylation is 2. The third-order valence-corrected chi connectivity index (χ3v) is 3.90. The molecule has 0 aliphatic rings. The van der Waals surface area contributed by atoms with Crippen LogP contribution in [0.25, 0.3) is 0 Å². The highest BCUT2D eigenvalue weighted by molar-refractivity contribution is 14.0. The van der Waals surface area contributed by atoms with Crippen molar-refractivity contribution in [2.45, 2.75) is 26.3 Å². The topological polar surface area (TPSA) is 72.7 Å². The minimum Gasteiger partial charge on any atom is -0.493 e. The van der Waals surface area contributed by atoms with Gasteiger partial charge in [0.15, 0.2) is 17.5 Å². The van der Waals surface area contributed by atoms with E-state index in [1.165, 1.54) is 5.56 Å². The number of guanidine groups is 1. The maximum atomic E-state index is 5.34. The molecule has 0 fully saturated rings. The molecule has 0 saturated carbocycles. The van der Waals surface area contributed by atoms with Crippen molar-refractivity contribution in [3.05, 3.63) is 41.7 Å². The molecule has 1 aromatic heterocycles. The van der Waals surface area contributed by atoms with E-state index < -0.39 is 0 Å². The van der Waals surface area contributed by atoms with Gasteiger partial charge in [-0.3, -0.25) is 4.68 Å². The minimum absolute atomic E-state index is 0. The zero-order valence-electron chi connectivity index (χ0n) is 16.5. The first-order valence-electron chi connectivity index (χ1n) is 8.86. The molecule has 0 spiro atoms. The number of halogens is 1. The second-order valence-corrected chi connectivity index (χ2v) is 5.94. The molecule has 2 rings (SSSR count). The number of aromatic nitrogens is 2. The normalized spacial score (nSPS) is 10.9. The van der Waals surface area contributed by atoms with Gasteiger partial charge >= 0.3 is 0 Å². The largest absolute Gasteiger partial charge is 0.493 e. The van der Waals surface area contributed by atoms with Crippen LogP contribution in [0.15, 0.2) is 35.6 Å². The van der Waals surface area contributed by atoms with Gasteiger partial charge < -0.3 is 20.1 Å². The van der Waals surface area contributed by atoms with Gasteiger partial charge in [0.2, 0.25) is 0 Å². The summed E-state index contributed by atoms with van der Waals surface area (Å²) >= 11 is 0. The number of nitrogens with one attached hydrogen (secondary N) is 2. The second kappa shape index (κ2) is 12.4.